The minimum Gasteiger partial charge on any atom is -0.505 e. The molecule has 0 saturated carbocycles. The Kier molecular flexibility index (Phi) is 3.66. The van der Waals surface area contributed by atoms with Crippen LogP contribution in [0.2, 0.25) is 0 Å². The van der Waals surface area contributed by atoms with Crippen molar-refractivity contribution in [2.75, 3.05) is 0 Å². The molecule has 1 aliphatic carbocycles. The average Bonchev–Trinajstić information content (AvgIpc) is 2.96. The fourth-order valence-electron chi connectivity index (χ4n) is 2.75. The molecule has 0 aliphatic heterocycles. The number of nitrogens with one attached hydrogen (secondary N) is 1. The van der Waals surface area contributed by atoms with Gasteiger partial charge in [0.25, 0.3) is 5.91 Å². The summed E-state index contributed by atoms with van der Waals surface area (Å²) >= 11 is 0. The van der Waals surface area contributed by atoms with Gasteiger partial charge in [-0.2, -0.15) is 10.5 Å². The molecule has 23 heavy (non-hydrogen) atoms. The number of carbonyl (C=O) groups excluding carboxylic acids is 1. The molecule has 0 fully saturated rings. The Morgan fingerprint density at radius 2 is 2.04 bits per heavy atom. The molecule has 112 valence electrons. The van der Waals surface area contributed by atoms with E-state index in [9.17, 15) is 9.90 Å². The van der Waals surface area contributed by atoms with Crippen LogP contribution < -0.4 is 5.32 Å². The van der Waals surface area contributed by atoms with Gasteiger partial charge in [-0.3, -0.25) is 4.79 Å². The van der Waals surface area contributed by atoms with Crippen LogP contribution in [0.4, 0.5) is 0 Å². The lowest BCUT2D eigenvalue weighted by atomic mass is 10.1. The predicted molar refractivity (Wildman–Crippen MR) is 80.3 cm³/mol. The lowest BCUT2D eigenvalue weighted by molar-refractivity contribution is 0.0928. The Morgan fingerprint density at radius 1 is 1.26 bits per heavy atom. The van der Waals surface area contributed by atoms with Crippen LogP contribution in [0.3, 0.4) is 0 Å². The second-order valence-electron chi connectivity index (χ2n) is 5.29. The molecule has 0 radical (unpaired) electrons. The van der Waals surface area contributed by atoms with Crippen molar-refractivity contribution in [2.24, 2.45) is 0 Å². The van der Waals surface area contributed by atoms with Crippen molar-refractivity contribution in [2.45, 2.75) is 18.9 Å². The molecule has 2 N–H and O–H groups in total. The average molecular weight is 304 g/mol. The number of fused-ring (bicyclic) bond motifs is 1. The minimum atomic E-state index is -0.491. The lowest BCUT2D eigenvalue weighted by Gasteiger charge is -2.14. The normalized spacial score (nSPS) is 15.3. The molecule has 6 nitrogen and oxygen atoms in total. The number of aromatic hydroxyl groups is 1. The summed E-state index contributed by atoms with van der Waals surface area (Å²) < 4.78 is 0. The van der Waals surface area contributed by atoms with Crippen molar-refractivity contribution < 1.29 is 9.90 Å². The summed E-state index contributed by atoms with van der Waals surface area (Å²) in [5, 5.41) is 30.3. The SMILES string of the molecule is N#Cc1cnc(C(=O)N[C@@H]2CCc3cc(C#N)ccc32)c(O)c1. The molecule has 1 amide bonds. The molecule has 1 heterocycles. The maximum Gasteiger partial charge on any atom is 0.274 e. The minimum absolute atomic E-state index is 0.105. The molecule has 1 atom stereocenters. The van der Waals surface area contributed by atoms with Crippen LogP contribution in [0.15, 0.2) is 30.5 Å². The number of carbonyl (C=O) groups is 1. The van der Waals surface area contributed by atoms with Gasteiger partial charge in [-0.1, -0.05) is 6.07 Å². The molecular formula is C17H12N4O2. The molecular weight excluding hydrogens is 292 g/mol. The van der Waals surface area contributed by atoms with Gasteiger partial charge in [-0.25, -0.2) is 4.98 Å². The molecule has 1 aromatic heterocycles. The summed E-state index contributed by atoms with van der Waals surface area (Å²) in [6, 6.07) is 10.4. The van der Waals surface area contributed by atoms with Gasteiger partial charge in [-0.05, 0) is 36.1 Å². The van der Waals surface area contributed by atoms with Gasteiger partial charge < -0.3 is 10.4 Å². The molecule has 0 spiro atoms. The number of benzene rings is 1. The van der Waals surface area contributed by atoms with Crippen molar-refractivity contribution >= 4 is 5.91 Å². The largest absolute Gasteiger partial charge is 0.505 e. The highest BCUT2D eigenvalue weighted by Crippen LogP contribution is 2.32. The number of amides is 1. The number of pyridine rings is 1. The Balaban J connectivity index is 1.81. The molecule has 3 rings (SSSR count). The number of aromatic nitrogens is 1. The lowest BCUT2D eigenvalue weighted by Crippen LogP contribution is -2.28. The van der Waals surface area contributed by atoms with Crippen LogP contribution in [0.25, 0.3) is 0 Å². The third-order valence-corrected chi connectivity index (χ3v) is 3.87. The van der Waals surface area contributed by atoms with E-state index >= 15 is 0 Å². The second-order valence-corrected chi connectivity index (χ2v) is 5.29. The molecule has 0 unspecified atom stereocenters. The Labute approximate surface area is 132 Å². The topological polar surface area (TPSA) is 110 Å². The van der Waals surface area contributed by atoms with E-state index in [-0.39, 0.29) is 23.0 Å². The van der Waals surface area contributed by atoms with Gasteiger partial charge in [0, 0.05) is 12.3 Å². The quantitative estimate of drug-likeness (QED) is 0.881. The zero-order valence-electron chi connectivity index (χ0n) is 12.1. The van der Waals surface area contributed by atoms with Crippen LogP contribution in [-0.4, -0.2) is 16.0 Å². The van der Waals surface area contributed by atoms with Gasteiger partial charge in [0.05, 0.1) is 23.2 Å². The number of nitriles is 2. The summed E-state index contributed by atoms with van der Waals surface area (Å²) in [6.45, 7) is 0. The van der Waals surface area contributed by atoms with Crippen LogP contribution >= 0.6 is 0 Å². The fourth-order valence-corrected chi connectivity index (χ4v) is 2.75. The smallest absolute Gasteiger partial charge is 0.274 e. The summed E-state index contributed by atoms with van der Waals surface area (Å²) in [6.07, 6.45) is 2.76. The van der Waals surface area contributed by atoms with E-state index in [2.05, 4.69) is 16.4 Å². The van der Waals surface area contributed by atoms with Crippen molar-refractivity contribution in [3.63, 3.8) is 0 Å². The van der Waals surface area contributed by atoms with E-state index in [0.717, 1.165) is 24.0 Å². The van der Waals surface area contributed by atoms with E-state index in [1.54, 1.807) is 6.07 Å². The van der Waals surface area contributed by atoms with E-state index in [1.165, 1.54) is 12.3 Å². The number of nitrogens with zero attached hydrogens (tertiary/aromatic N) is 3. The van der Waals surface area contributed by atoms with Gasteiger partial charge >= 0.3 is 0 Å². The zero-order valence-corrected chi connectivity index (χ0v) is 12.1. The first-order valence-corrected chi connectivity index (χ1v) is 7.05. The first-order valence-electron chi connectivity index (χ1n) is 7.05. The van der Waals surface area contributed by atoms with Crippen LogP contribution in [-0.2, 0) is 6.42 Å². The van der Waals surface area contributed by atoms with Crippen molar-refractivity contribution in [3.05, 3.63) is 58.4 Å². The van der Waals surface area contributed by atoms with Crippen LogP contribution in [0, 0.1) is 22.7 Å². The first kappa shape index (κ1) is 14.6. The summed E-state index contributed by atoms with van der Waals surface area (Å²) in [5.41, 5.74) is 2.71. The van der Waals surface area contributed by atoms with Crippen LogP contribution in [0.5, 0.6) is 5.75 Å². The number of hydrogen-bond acceptors (Lipinski definition) is 5. The highest BCUT2D eigenvalue weighted by molar-refractivity contribution is 5.95. The van der Waals surface area contributed by atoms with E-state index in [0.29, 0.717) is 5.56 Å². The van der Waals surface area contributed by atoms with Gasteiger partial charge in [0.1, 0.15) is 11.8 Å². The highest BCUT2D eigenvalue weighted by Gasteiger charge is 2.26. The molecule has 0 saturated heterocycles. The number of aryl methyl sites for hydroxylation is 1. The van der Waals surface area contributed by atoms with Gasteiger partial charge in [0.15, 0.2) is 5.69 Å². The summed E-state index contributed by atoms with van der Waals surface area (Å²) in [5.74, 6) is -0.811. The summed E-state index contributed by atoms with van der Waals surface area (Å²) in [7, 11) is 0. The molecule has 1 aliphatic rings. The Bertz CT molecular complexity index is 877. The van der Waals surface area contributed by atoms with Gasteiger partial charge in [-0.15, -0.1) is 0 Å². The number of hydrogen-bond donors (Lipinski definition) is 2. The van der Waals surface area contributed by atoms with Crippen molar-refractivity contribution in [3.8, 4) is 17.9 Å². The van der Waals surface area contributed by atoms with Gasteiger partial charge in [0.2, 0.25) is 0 Å². The molecule has 1 aromatic carbocycles. The first-order chi connectivity index (χ1) is 11.1. The third kappa shape index (κ3) is 2.70. The Morgan fingerprint density at radius 3 is 2.74 bits per heavy atom. The second kappa shape index (κ2) is 5.78. The highest BCUT2D eigenvalue weighted by atomic mass is 16.3. The van der Waals surface area contributed by atoms with Crippen molar-refractivity contribution in [1.82, 2.24) is 10.3 Å². The maximum atomic E-state index is 12.3. The molecule has 2 aromatic rings. The Hall–Kier alpha value is -3.38. The summed E-state index contributed by atoms with van der Waals surface area (Å²) in [4.78, 5) is 16.1. The molecule has 6 heteroatoms. The third-order valence-electron chi connectivity index (χ3n) is 3.87. The standard InChI is InChI=1S/C17H12N4O2/c18-7-10-1-3-13-12(5-10)2-4-14(13)21-17(23)16-15(22)6-11(8-19)9-20-16/h1,3,5-6,9,14,22H,2,4H2,(H,21,23)/t14-/m1/s1. The van der Waals surface area contributed by atoms with E-state index in [4.69, 9.17) is 10.5 Å². The van der Waals surface area contributed by atoms with Crippen LogP contribution in [0.1, 0.15) is 45.2 Å². The molecule has 0 bridgehead atoms. The van der Waals surface area contributed by atoms with E-state index in [1.807, 2.05) is 18.2 Å². The fraction of sp³-hybridized carbons (Fsp3) is 0.176. The van der Waals surface area contributed by atoms with Crippen molar-refractivity contribution in [1.29, 1.82) is 10.5 Å². The maximum absolute atomic E-state index is 12.3. The zero-order chi connectivity index (χ0) is 16.4. The van der Waals surface area contributed by atoms with E-state index < -0.39 is 5.91 Å². The number of rotatable bonds is 2. The predicted octanol–water partition coefficient (Wildman–Crippen LogP) is 1.95. The monoisotopic (exact) mass is 304 g/mol.